The molecule has 2 amide bonds. The minimum Gasteiger partial charge on any atom is -0.492 e. The summed E-state index contributed by atoms with van der Waals surface area (Å²) in [5, 5.41) is 5.62. The van der Waals surface area contributed by atoms with Crippen molar-refractivity contribution in [2.75, 3.05) is 52.5 Å². The number of hydrogen-bond acceptors (Lipinski definition) is 4. The van der Waals surface area contributed by atoms with E-state index in [1.165, 1.54) is 0 Å². The Bertz CT molecular complexity index is 467. The lowest BCUT2D eigenvalue weighted by Crippen LogP contribution is -2.44. The Morgan fingerprint density at radius 2 is 2.05 bits per heavy atom. The van der Waals surface area contributed by atoms with Crippen LogP contribution in [-0.4, -0.2) is 63.5 Å². The van der Waals surface area contributed by atoms with Crippen molar-refractivity contribution in [2.45, 2.75) is 0 Å². The van der Waals surface area contributed by atoms with Crippen LogP contribution in [0.25, 0.3) is 0 Å². The van der Waals surface area contributed by atoms with Crippen molar-refractivity contribution in [3.05, 3.63) is 28.7 Å². The number of amides is 2. The number of rotatable bonds is 7. The van der Waals surface area contributed by atoms with Gasteiger partial charge in [-0.2, -0.15) is 0 Å². The van der Waals surface area contributed by atoms with Crippen LogP contribution in [0.5, 0.6) is 5.75 Å². The van der Waals surface area contributed by atoms with E-state index in [1.54, 1.807) is 0 Å². The van der Waals surface area contributed by atoms with Gasteiger partial charge >= 0.3 is 6.03 Å². The molecular weight excluding hydrogens is 350 g/mol. The van der Waals surface area contributed by atoms with Gasteiger partial charge in [0.15, 0.2) is 0 Å². The van der Waals surface area contributed by atoms with E-state index in [-0.39, 0.29) is 6.03 Å². The molecule has 0 aliphatic carbocycles. The van der Waals surface area contributed by atoms with Crippen LogP contribution in [0.2, 0.25) is 0 Å². The Morgan fingerprint density at radius 1 is 1.27 bits per heavy atom. The lowest BCUT2D eigenvalue weighted by molar-refractivity contribution is 0.0387. The second kappa shape index (κ2) is 9.66. The van der Waals surface area contributed by atoms with Gasteiger partial charge in [-0.3, -0.25) is 4.90 Å². The molecule has 0 unspecified atom stereocenters. The molecule has 6 nitrogen and oxygen atoms in total. The topological polar surface area (TPSA) is 62.8 Å². The summed E-state index contributed by atoms with van der Waals surface area (Å²) in [6.07, 6.45) is 0. The molecule has 0 radical (unpaired) electrons. The molecule has 0 saturated carbocycles. The number of nitrogens with zero attached hydrogens (tertiary/aromatic N) is 1. The Morgan fingerprint density at radius 3 is 2.82 bits per heavy atom. The summed E-state index contributed by atoms with van der Waals surface area (Å²) in [4.78, 5) is 13.9. The first-order valence-corrected chi connectivity index (χ1v) is 8.23. The summed E-state index contributed by atoms with van der Waals surface area (Å²) in [5.41, 5.74) is 0. The maximum Gasteiger partial charge on any atom is 0.314 e. The molecule has 1 aromatic rings. The summed E-state index contributed by atoms with van der Waals surface area (Å²) in [7, 11) is 0. The van der Waals surface area contributed by atoms with Crippen LogP contribution in [0.4, 0.5) is 4.79 Å². The predicted octanol–water partition coefficient (Wildman–Crippen LogP) is 1.46. The van der Waals surface area contributed by atoms with Crippen LogP contribution in [-0.2, 0) is 4.74 Å². The van der Waals surface area contributed by atoms with E-state index >= 15 is 0 Å². The Labute approximate surface area is 139 Å². The van der Waals surface area contributed by atoms with Crippen LogP contribution in [0.3, 0.4) is 0 Å². The zero-order valence-corrected chi connectivity index (χ0v) is 14.1. The summed E-state index contributed by atoms with van der Waals surface area (Å²) in [6.45, 7) is 5.82. The summed E-state index contributed by atoms with van der Waals surface area (Å²) < 4.78 is 11.8. The van der Waals surface area contributed by atoms with Crippen molar-refractivity contribution in [1.29, 1.82) is 0 Å². The molecule has 0 atom stereocenters. The molecule has 0 aromatic heterocycles. The van der Waals surface area contributed by atoms with Crippen LogP contribution in [0.1, 0.15) is 0 Å². The molecule has 1 saturated heterocycles. The molecule has 0 spiro atoms. The van der Waals surface area contributed by atoms with Gasteiger partial charge in [0.2, 0.25) is 0 Å². The largest absolute Gasteiger partial charge is 0.492 e. The van der Waals surface area contributed by atoms with Gasteiger partial charge in [-0.25, -0.2) is 4.79 Å². The molecule has 1 heterocycles. The molecule has 1 fully saturated rings. The van der Waals surface area contributed by atoms with Crippen LogP contribution >= 0.6 is 15.9 Å². The molecule has 1 aromatic carbocycles. The highest BCUT2D eigenvalue weighted by molar-refractivity contribution is 9.10. The smallest absolute Gasteiger partial charge is 0.314 e. The number of urea groups is 1. The highest BCUT2D eigenvalue weighted by atomic mass is 79.9. The van der Waals surface area contributed by atoms with E-state index in [0.29, 0.717) is 19.7 Å². The molecule has 7 heteroatoms. The summed E-state index contributed by atoms with van der Waals surface area (Å²) in [6, 6.07) is 7.46. The van der Waals surface area contributed by atoms with Crippen molar-refractivity contribution < 1.29 is 14.3 Å². The fourth-order valence-electron chi connectivity index (χ4n) is 2.11. The van der Waals surface area contributed by atoms with Gasteiger partial charge in [-0.05, 0) is 18.2 Å². The average Bonchev–Trinajstić information content (AvgIpc) is 2.53. The first-order chi connectivity index (χ1) is 10.7. The standard InChI is InChI=1S/C15H22BrN3O3/c16-13-2-1-3-14(12-13)22-9-5-18-15(20)17-4-6-19-7-10-21-11-8-19/h1-3,12H,4-11H2,(H2,17,18,20). The van der Waals surface area contributed by atoms with E-state index in [4.69, 9.17) is 9.47 Å². The second-order valence-electron chi connectivity index (χ2n) is 4.94. The third-order valence-corrected chi connectivity index (χ3v) is 3.76. The molecule has 122 valence electrons. The van der Waals surface area contributed by atoms with Crippen molar-refractivity contribution in [1.82, 2.24) is 15.5 Å². The second-order valence-corrected chi connectivity index (χ2v) is 5.86. The zero-order chi connectivity index (χ0) is 15.6. The van der Waals surface area contributed by atoms with Crippen molar-refractivity contribution in [3.8, 4) is 5.75 Å². The highest BCUT2D eigenvalue weighted by Gasteiger charge is 2.09. The lowest BCUT2D eigenvalue weighted by Gasteiger charge is -2.26. The Kier molecular flexibility index (Phi) is 7.48. The van der Waals surface area contributed by atoms with Gasteiger partial charge in [0, 0.05) is 30.7 Å². The monoisotopic (exact) mass is 371 g/mol. The molecule has 0 bridgehead atoms. The predicted molar refractivity (Wildman–Crippen MR) is 88.3 cm³/mol. The quantitative estimate of drug-likeness (QED) is 0.712. The van der Waals surface area contributed by atoms with Crippen LogP contribution < -0.4 is 15.4 Å². The van der Waals surface area contributed by atoms with Gasteiger partial charge in [0.25, 0.3) is 0 Å². The van der Waals surface area contributed by atoms with E-state index < -0.39 is 0 Å². The maximum absolute atomic E-state index is 11.6. The SMILES string of the molecule is O=C(NCCOc1cccc(Br)c1)NCCN1CCOCC1. The van der Waals surface area contributed by atoms with E-state index in [1.807, 2.05) is 24.3 Å². The fraction of sp³-hybridized carbons (Fsp3) is 0.533. The maximum atomic E-state index is 11.6. The third-order valence-electron chi connectivity index (χ3n) is 3.27. The summed E-state index contributed by atoms with van der Waals surface area (Å²) in [5.74, 6) is 0.781. The third kappa shape index (κ3) is 6.64. The van der Waals surface area contributed by atoms with Crippen LogP contribution in [0.15, 0.2) is 28.7 Å². The lowest BCUT2D eigenvalue weighted by atomic mass is 10.3. The Balaban J connectivity index is 1.50. The van der Waals surface area contributed by atoms with E-state index in [2.05, 4.69) is 31.5 Å². The van der Waals surface area contributed by atoms with Gasteiger partial charge < -0.3 is 20.1 Å². The number of halogens is 1. The fourth-order valence-corrected chi connectivity index (χ4v) is 2.48. The first kappa shape index (κ1) is 17.1. The molecule has 22 heavy (non-hydrogen) atoms. The number of carbonyl (C=O) groups excluding carboxylic acids is 1. The molecule has 2 N–H and O–H groups in total. The van der Waals surface area contributed by atoms with E-state index in [9.17, 15) is 4.79 Å². The van der Waals surface area contributed by atoms with E-state index in [0.717, 1.165) is 43.1 Å². The normalized spacial score (nSPS) is 15.3. The van der Waals surface area contributed by atoms with Gasteiger partial charge in [-0.1, -0.05) is 22.0 Å². The molecule has 1 aliphatic heterocycles. The molecule has 2 rings (SSSR count). The minimum absolute atomic E-state index is 0.161. The van der Waals surface area contributed by atoms with Crippen LogP contribution in [0, 0.1) is 0 Å². The molecular formula is C15H22BrN3O3. The van der Waals surface area contributed by atoms with Gasteiger partial charge in [-0.15, -0.1) is 0 Å². The Hall–Kier alpha value is -1.31. The number of morpholine rings is 1. The number of benzene rings is 1. The zero-order valence-electron chi connectivity index (χ0n) is 12.5. The molecule has 1 aliphatic rings. The highest BCUT2D eigenvalue weighted by Crippen LogP contribution is 2.17. The number of hydrogen-bond donors (Lipinski definition) is 2. The van der Waals surface area contributed by atoms with Crippen molar-refractivity contribution in [3.63, 3.8) is 0 Å². The van der Waals surface area contributed by atoms with Crippen molar-refractivity contribution >= 4 is 22.0 Å². The van der Waals surface area contributed by atoms with Crippen molar-refractivity contribution in [2.24, 2.45) is 0 Å². The van der Waals surface area contributed by atoms with Gasteiger partial charge in [0.05, 0.1) is 19.8 Å². The number of ether oxygens (including phenoxy) is 2. The van der Waals surface area contributed by atoms with Gasteiger partial charge in [0.1, 0.15) is 12.4 Å². The first-order valence-electron chi connectivity index (χ1n) is 7.44. The summed E-state index contributed by atoms with van der Waals surface area (Å²) >= 11 is 3.38. The minimum atomic E-state index is -0.161. The number of carbonyl (C=O) groups is 1. The average molecular weight is 372 g/mol. The number of nitrogens with one attached hydrogen (secondary N) is 2.